The maximum absolute atomic E-state index is 12.5. The molecule has 0 radical (unpaired) electrons. The van der Waals surface area contributed by atoms with Gasteiger partial charge in [0.2, 0.25) is 0 Å². The van der Waals surface area contributed by atoms with E-state index < -0.39 is 0 Å². The lowest BCUT2D eigenvalue weighted by Crippen LogP contribution is -2.19. The fourth-order valence-electron chi connectivity index (χ4n) is 4.03. The smallest absolute Gasteiger partial charge is 0.264 e. The number of amidine groups is 1. The number of nitrogens with zero attached hydrogens (tertiary/aromatic N) is 1. The van der Waals surface area contributed by atoms with Crippen LogP contribution in [0.15, 0.2) is 101 Å². The molecule has 0 unspecified atom stereocenters. The number of hydrogen-bond acceptors (Lipinski definition) is 7. The minimum Gasteiger partial charge on any atom is -0.493 e. The molecule has 1 amide bonds. The fourth-order valence-corrected chi connectivity index (χ4v) is 5.14. The molecule has 208 valence electrons. The van der Waals surface area contributed by atoms with Crippen molar-refractivity contribution in [1.29, 1.82) is 0 Å². The van der Waals surface area contributed by atoms with Crippen molar-refractivity contribution in [3.8, 4) is 23.0 Å². The van der Waals surface area contributed by atoms with E-state index >= 15 is 0 Å². The standard InChI is InChI=1S/C32H27ClN2O5S/c1-37-27-16-22(13-14-26(27)39-19-21-9-5-3-6-10-21)20-40-30-25(33)15-23(17-28(30)38-2)18-29-31(36)35-32(41-29)34-24-11-7-4-8-12-24/h3-18H,19-20H2,1-2H3,(H,34,35,36)/b29-18+. The van der Waals surface area contributed by atoms with E-state index in [9.17, 15) is 4.79 Å². The van der Waals surface area contributed by atoms with Gasteiger partial charge in [0.25, 0.3) is 5.91 Å². The number of halogens is 1. The van der Waals surface area contributed by atoms with Crippen LogP contribution in [0.25, 0.3) is 6.08 Å². The van der Waals surface area contributed by atoms with Gasteiger partial charge in [0.1, 0.15) is 13.2 Å². The Morgan fingerprint density at radius 3 is 2.24 bits per heavy atom. The molecule has 1 aliphatic heterocycles. The second-order valence-corrected chi connectivity index (χ2v) is 10.3. The number of rotatable bonds is 10. The van der Waals surface area contributed by atoms with E-state index in [1.165, 1.54) is 11.8 Å². The minimum absolute atomic E-state index is 0.226. The van der Waals surface area contributed by atoms with Gasteiger partial charge in [0, 0.05) is 0 Å². The topological polar surface area (TPSA) is 78.4 Å². The monoisotopic (exact) mass is 586 g/mol. The molecule has 0 aliphatic carbocycles. The van der Waals surface area contributed by atoms with Crippen LogP contribution in [0, 0.1) is 0 Å². The number of aliphatic imine (C=N–C) groups is 1. The number of ether oxygens (including phenoxy) is 4. The Morgan fingerprint density at radius 2 is 1.51 bits per heavy atom. The van der Waals surface area contributed by atoms with Crippen molar-refractivity contribution in [3.05, 3.63) is 118 Å². The average Bonchev–Trinajstić information content (AvgIpc) is 3.34. The molecular formula is C32H27ClN2O5S. The lowest BCUT2D eigenvalue weighted by Gasteiger charge is -2.15. The zero-order chi connectivity index (χ0) is 28.6. The van der Waals surface area contributed by atoms with Crippen LogP contribution in [0.3, 0.4) is 0 Å². The number of nitrogens with one attached hydrogen (secondary N) is 1. The summed E-state index contributed by atoms with van der Waals surface area (Å²) < 4.78 is 23.1. The van der Waals surface area contributed by atoms with E-state index in [1.807, 2.05) is 78.9 Å². The van der Waals surface area contributed by atoms with E-state index in [2.05, 4.69) is 10.3 Å². The molecule has 1 aliphatic rings. The molecule has 7 nitrogen and oxygen atoms in total. The number of carbonyl (C=O) groups excluding carboxylic acids is 1. The summed E-state index contributed by atoms with van der Waals surface area (Å²) in [6.45, 7) is 0.660. The average molecular weight is 587 g/mol. The molecular weight excluding hydrogens is 560 g/mol. The molecule has 0 spiro atoms. The van der Waals surface area contributed by atoms with Crippen molar-refractivity contribution >= 4 is 46.2 Å². The third kappa shape index (κ3) is 7.22. The van der Waals surface area contributed by atoms with Gasteiger partial charge in [-0.15, -0.1) is 0 Å². The van der Waals surface area contributed by atoms with Gasteiger partial charge in [-0.25, -0.2) is 4.99 Å². The first-order valence-electron chi connectivity index (χ1n) is 12.7. The number of carbonyl (C=O) groups is 1. The lowest BCUT2D eigenvalue weighted by atomic mass is 10.1. The largest absolute Gasteiger partial charge is 0.493 e. The van der Waals surface area contributed by atoms with E-state index in [0.717, 1.165) is 16.8 Å². The second-order valence-electron chi connectivity index (χ2n) is 8.90. The van der Waals surface area contributed by atoms with Crippen molar-refractivity contribution in [2.75, 3.05) is 14.2 Å². The summed E-state index contributed by atoms with van der Waals surface area (Å²) in [5, 5.41) is 3.66. The highest BCUT2D eigenvalue weighted by Crippen LogP contribution is 2.39. The second kappa shape index (κ2) is 13.3. The van der Waals surface area contributed by atoms with E-state index in [-0.39, 0.29) is 12.5 Å². The van der Waals surface area contributed by atoms with Gasteiger partial charge in [-0.3, -0.25) is 4.79 Å². The maximum atomic E-state index is 12.5. The molecule has 0 bridgehead atoms. The first kappa shape index (κ1) is 28.1. The van der Waals surface area contributed by atoms with Gasteiger partial charge >= 0.3 is 0 Å². The summed E-state index contributed by atoms with van der Waals surface area (Å²) in [7, 11) is 3.14. The Bertz CT molecular complexity index is 1590. The molecule has 1 saturated heterocycles. The van der Waals surface area contributed by atoms with Crippen molar-refractivity contribution in [2.24, 2.45) is 4.99 Å². The van der Waals surface area contributed by atoms with Crippen molar-refractivity contribution in [2.45, 2.75) is 13.2 Å². The van der Waals surface area contributed by atoms with Gasteiger partial charge in [0.05, 0.1) is 29.8 Å². The van der Waals surface area contributed by atoms with Crippen LogP contribution in [-0.4, -0.2) is 25.3 Å². The molecule has 1 N–H and O–H groups in total. The number of methoxy groups -OCH3 is 2. The highest BCUT2D eigenvalue weighted by Gasteiger charge is 2.24. The maximum Gasteiger partial charge on any atom is 0.264 e. The lowest BCUT2D eigenvalue weighted by molar-refractivity contribution is -0.115. The molecule has 0 saturated carbocycles. The first-order valence-corrected chi connectivity index (χ1v) is 13.9. The van der Waals surface area contributed by atoms with Gasteiger partial charge < -0.3 is 24.3 Å². The molecule has 1 heterocycles. The Morgan fingerprint density at radius 1 is 0.805 bits per heavy atom. The molecule has 9 heteroatoms. The third-order valence-electron chi connectivity index (χ3n) is 6.04. The van der Waals surface area contributed by atoms with Crippen LogP contribution >= 0.6 is 23.4 Å². The summed E-state index contributed by atoms with van der Waals surface area (Å²) >= 11 is 7.87. The van der Waals surface area contributed by atoms with Crippen molar-refractivity contribution < 1.29 is 23.7 Å². The fraction of sp³-hybridized carbons (Fsp3) is 0.125. The molecule has 0 aromatic heterocycles. The van der Waals surface area contributed by atoms with Gasteiger partial charge in [-0.1, -0.05) is 66.2 Å². The normalized spacial score (nSPS) is 14.7. The first-order chi connectivity index (χ1) is 20.0. The summed E-state index contributed by atoms with van der Waals surface area (Å²) in [5.41, 5.74) is 3.38. The number of amides is 1. The van der Waals surface area contributed by atoms with Gasteiger partial charge in [0.15, 0.2) is 28.2 Å². The number of benzene rings is 4. The molecule has 4 aromatic carbocycles. The molecule has 41 heavy (non-hydrogen) atoms. The van der Waals surface area contributed by atoms with Crippen LogP contribution in [0.1, 0.15) is 16.7 Å². The predicted octanol–water partition coefficient (Wildman–Crippen LogP) is 7.41. The Labute approximate surface area is 247 Å². The zero-order valence-electron chi connectivity index (χ0n) is 22.4. The quantitative estimate of drug-likeness (QED) is 0.195. The van der Waals surface area contributed by atoms with E-state index in [0.29, 0.717) is 50.3 Å². The van der Waals surface area contributed by atoms with E-state index in [1.54, 1.807) is 32.4 Å². The van der Waals surface area contributed by atoms with Crippen LogP contribution in [-0.2, 0) is 18.0 Å². The summed E-state index contributed by atoms with van der Waals surface area (Å²) in [6, 6.07) is 28.5. The SMILES string of the molecule is COc1cc(COc2c(Cl)cc(/C=C3/SC(=Nc4ccccc4)NC3=O)cc2OC)ccc1OCc1ccccc1. The van der Waals surface area contributed by atoms with Crippen LogP contribution in [0.4, 0.5) is 5.69 Å². The Balaban J connectivity index is 1.27. The van der Waals surface area contributed by atoms with Gasteiger partial charge in [-0.2, -0.15) is 0 Å². The molecule has 4 aromatic rings. The summed E-state index contributed by atoms with van der Waals surface area (Å²) in [6.07, 6.45) is 1.74. The Kier molecular flexibility index (Phi) is 9.13. The van der Waals surface area contributed by atoms with Crippen LogP contribution < -0.4 is 24.3 Å². The molecule has 5 rings (SSSR count). The molecule has 0 atom stereocenters. The number of hydrogen-bond donors (Lipinski definition) is 1. The third-order valence-corrected chi connectivity index (χ3v) is 7.23. The van der Waals surface area contributed by atoms with Crippen LogP contribution in [0.2, 0.25) is 5.02 Å². The highest BCUT2D eigenvalue weighted by molar-refractivity contribution is 8.18. The molecule has 1 fully saturated rings. The van der Waals surface area contributed by atoms with Crippen molar-refractivity contribution in [1.82, 2.24) is 5.32 Å². The predicted molar refractivity (Wildman–Crippen MR) is 163 cm³/mol. The number of para-hydroxylation sites is 1. The zero-order valence-corrected chi connectivity index (χ0v) is 24.0. The Hall–Kier alpha value is -4.40. The summed E-state index contributed by atoms with van der Waals surface area (Å²) in [4.78, 5) is 17.5. The number of thioether (sulfide) groups is 1. The van der Waals surface area contributed by atoms with Crippen LogP contribution in [0.5, 0.6) is 23.0 Å². The van der Waals surface area contributed by atoms with Crippen molar-refractivity contribution in [3.63, 3.8) is 0 Å². The minimum atomic E-state index is -0.231. The van der Waals surface area contributed by atoms with Gasteiger partial charge in [-0.05, 0) is 70.9 Å². The van der Waals surface area contributed by atoms with E-state index in [4.69, 9.17) is 30.5 Å². The highest BCUT2D eigenvalue weighted by atomic mass is 35.5. The summed E-state index contributed by atoms with van der Waals surface area (Å²) in [5.74, 6) is 1.85.